The number of ether oxygens (including phenoxy) is 1. The van der Waals surface area contributed by atoms with Gasteiger partial charge in [0, 0.05) is 24.4 Å². The van der Waals surface area contributed by atoms with Crippen LogP contribution in [0.5, 0.6) is 0 Å². The monoisotopic (exact) mass is 247 g/mol. The van der Waals surface area contributed by atoms with Crippen molar-refractivity contribution in [1.29, 1.82) is 0 Å². The van der Waals surface area contributed by atoms with E-state index in [0.717, 1.165) is 31.0 Å². The number of nitrogens with zero attached hydrogens (tertiary/aromatic N) is 4. The molecule has 3 heterocycles. The van der Waals surface area contributed by atoms with Gasteiger partial charge < -0.3 is 10.1 Å². The molecule has 2 unspecified atom stereocenters. The molecule has 96 valence electrons. The Labute approximate surface area is 105 Å². The van der Waals surface area contributed by atoms with E-state index in [1.807, 2.05) is 13.0 Å². The lowest BCUT2D eigenvalue weighted by Crippen LogP contribution is -2.33. The molecule has 1 aliphatic heterocycles. The number of aryl methyl sites for hydroxylation is 1. The summed E-state index contributed by atoms with van der Waals surface area (Å²) >= 11 is 0. The molecule has 0 radical (unpaired) electrons. The van der Waals surface area contributed by atoms with E-state index in [1.54, 1.807) is 4.52 Å². The number of nitrogens with one attached hydrogen (secondary N) is 1. The number of fused-ring (bicyclic) bond motifs is 1. The third-order valence-electron chi connectivity index (χ3n) is 3.22. The Kier molecular flexibility index (Phi) is 2.87. The highest BCUT2D eigenvalue weighted by Gasteiger charge is 2.20. The van der Waals surface area contributed by atoms with Crippen LogP contribution in [0.15, 0.2) is 12.4 Å². The fraction of sp³-hybridized carbons (Fsp3) is 0.583. The Morgan fingerprint density at radius 3 is 3.22 bits per heavy atom. The van der Waals surface area contributed by atoms with E-state index in [0.29, 0.717) is 17.9 Å². The van der Waals surface area contributed by atoms with E-state index in [-0.39, 0.29) is 0 Å². The maximum Gasteiger partial charge on any atom is 0.254 e. The predicted octanol–water partition coefficient (Wildman–Crippen LogP) is 1.41. The molecule has 1 N–H and O–H groups in total. The topological polar surface area (TPSA) is 64.3 Å². The van der Waals surface area contributed by atoms with Crippen LogP contribution in [0.4, 0.5) is 5.82 Å². The van der Waals surface area contributed by atoms with Gasteiger partial charge in [-0.1, -0.05) is 0 Å². The van der Waals surface area contributed by atoms with Crippen LogP contribution in [0, 0.1) is 6.92 Å². The first-order chi connectivity index (χ1) is 8.72. The average Bonchev–Trinajstić information content (AvgIpc) is 2.77. The second kappa shape index (κ2) is 4.53. The summed E-state index contributed by atoms with van der Waals surface area (Å²) in [5.74, 6) is 1.59. The Morgan fingerprint density at radius 1 is 1.50 bits per heavy atom. The van der Waals surface area contributed by atoms with Crippen molar-refractivity contribution in [3.8, 4) is 0 Å². The minimum atomic E-state index is 0.311. The van der Waals surface area contributed by atoms with Gasteiger partial charge >= 0.3 is 0 Å². The van der Waals surface area contributed by atoms with Crippen LogP contribution >= 0.6 is 0 Å². The van der Waals surface area contributed by atoms with Gasteiger partial charge in [0.15, 0.2) is 0 Å². The molecule has 1 saturated heterocycles. The van der Waals surface area contributed by atoms with Crippen molar-refractivity contribution in [2.75, 3.05) is 11.9 Å². The van der Waals surface area contributed by atoms with Gasteiger partial charge in [0.05, 0.1) is 6.10 Å². The van der Waals surface area contributed by atoms with E-state index in [9.17, 15) is 0 Å². The van der Waals surface area contributed by atoms with Crippen molar-refractivity contribution in [1.82, 2.24) is 19.6 Å². The summed E-state index contributed by atoms with van der Waals surface area (Å²) in [6.07, 6.45) is 3.87. The molecular formula is C12H17N5O. The van der Waals surface area contributed by atoms with E-state index in [2.05, 4.69) is 27.3 Å². The highest BCUT2D eigenvalue weighted by molar-refractivity contribution is 5.45. The van der Waals surface area contributed by atoms with E-state index in [4.69, 9.17) is 4.74 Å². The lowest BCUT2D eigenvalue weighted by atomic mass is 10.0. The number of rotatable bonds is 2. The zero-order valence-electron chi connectivity index (χ0n) is 10.6. The van der Waals surface area contributed by atoms with Gasteiger partial charge in [0.2, 0.25) is 0 Å². The summed E-state index contributed by atoms with van der Waals surface area (Å²) in [6.45, 7) is 4.88. The van der Waals surface area contributed by atoms with Gasteiger partial charge in [0.1, 0.15) is 12.1 Å². The molecule has 1 fully saturated rings. The van der Waals surface area contributed by atoms with E-state index < -0.39 is 0 Å². The lowest BCUT2D eigenvalue weighted by Gasteiger charge is -2.28. The van der Waals surface area contributed by atoms with Gasteiger partial charge in [-0.15, -0.1) is 0 Å². The molecule has 18 heavy (non-hydrogen) atoms. The molecule has 2 atom stereocenters. The largest absolute Gasteiger partial charge is 0.378 e. The van der Waals surface area contributed by atoms with Crippen molar-refractivity contribution >= 4 is 11.6 Å². The molecule has 0 saturated carbocycles. The Balaban J connectivity index is 1.87. The van der Waals surface area contributed by atoms with Crippen molar-refractivity contribution in [2.24, 2.45) is 0 Å². The minimum absolute atomic E-state index is 0.311. The number of hydrogen-bond acceptors (Lipinski definition) is 5. The molecule has 0 spiro atoms. The molecule has 6 nitrogen and oxygen atoms in total. The number of hydrogen-bond donors (Lipinski definition) is 1. The minimum Gasteiger partial charge on any atom is -0.378 e. The highest BCUT2D eigenvalue weighted by Crippen LogP contribution is 2.19. The van der Waals surface area contributed by atoms with Crippen LogP contribution in [0.25, 0.3) is 5.78 Å². The molecule has 3 rings (SSSR count). The third-order valence-corrected chi connectivity index (χ3v) is 3.22. The van der Waals surface area contributed by atoms with Crippen molar-refractivity contribution in [3.63, 3.8) is 0 Å². The maximum absolute atomic E-state index is 5.55. The van der Waals surface area contributed by atoms with Crippen LogP contribution in [0.3, 0.4) is 0 Å². The summed E-state index contributed by atoms with van der Waals surface area (Å²) < 4.78 is 7.30. The zero-order chi connectivity index (χ0) is 12.5. The van der Waals surface area contributed by atoms with E-state index in [1.165, 1.54) is 6.33 Å². The summed E-state index contributed by atoms with van der Waals surface area (Å²) in [5.41, 5.74) is 0.943. The van der Waals surface area contributed by atoms with Gasteiger partial charge in [-0.3, -0.25) is 0 Å². The molecule has 6 heteroatoms. The van der Waals surface area contributed by atoms with E-state index >= 15 is 0 Å². The summed E-state index contributed by atoms with van der Waals surface area (Å²) in [4.78, 5) is 8.45. The van der Waals surface area contributed by atoms with Crippen LogP contribution in [-0.4, -0.2) is 38.3 Å². The molecule has 2 aromatic heterocycles. The normalized spacial score (nSPS) is 24.3. The summed E-state index contributed by atoms with van der Waals surface area (Å²) in [6, 6.07) is 2.42. The van der Waals surface area contributed by atoms with Gasteiger partial charge in [-0.05, 0) is 26.7 Å². The number of anilines is 1. The van der Waals surface area contributed by atoms with Gasteiger partial charge in [0.25, 0.3) is 5.78 Å². The molecule has 0 aliphatic carbocycles. The predicted molar refractivity (Wildman–Crippen MR) is 67.6 cm³/mol. The second-order valence-electron chi connectivity index (χ2n) is 4.80. The van der Waals surface area contributed by atoms with Crippen molar-refractivity contribution in [2.45, 2.75) is 38.8 Å². The van der Waals surface area contributed by atoms with Crippen molar-refractivity contribution < 1.29 is 4.74 Å². The third kappa shape index (κ3) is 2.15. The molecule has 0 amide bonds. The van der Waals surface area contributed by atoms with Crippen LogP contribution in [0.2, 0.25) is 0 Å². The number of aromatic nitrogens is 4. The second-order valence-corrected chi connectivity index (χ2v) is 4.80. The lowest BCUT2D eigenvalue weighted by molar-refractivity contribution is 0.0231. The first-order valence-electron chi connectivity index (χ1n) is 6.28. The van der Waals surface area contributed by atoms with Crippen LogP contribution in [0.1, 0.15) is 25.5 Å². The zero-order valence-corrected chi connectivity index (χ0v) is 10.6. The quantitative estimate of drug-likeness (QED) is 0.869. The first-order valence-corrected chi connectivity index (χ1v) is 6.28. The standard InChI is InChI=1S/C12H17N5O/c1-8-5-11(17-12(15-8)13-7-14-17)16-10-3-4-18-9(2)6-10/h5,7,9-10,16H,3-4,6H2,1-2H3. The molecule has 0 aromatic carbocycles. The summed E-state index contributed by atoms with van der Waals surface area (Å²) in [5, 5.41) is 7.72. The van der Waals surface area contributed by atoms with Gasteiger partial charge in [-0.25, -0.2) is 4.98 Å². The van der Waals surface area contributed by atoms with Crippen molar-refractivity contribution in [3.05, 3.63) is 18.1 Å². The van der Waals surface area contributed by atoms with Crippen LogP contribution in [-0.2, 0) is 4.74 Å². The smallest absolute Gasteiger partial charge is 0.254 e. The average molecular weight is 247 g/mol. The maximum atomic E-state index is 5.55. The first kappa shape index (κ1) is 11.4. The molecule has 0 bridgehead atoms. The highest BCUT2D eigenvalue weighted by atomic mass is 16.5. The SMILES string of the molecule is Cc1cc(NC2CCOC(C)C2)n2ncnc2n1. The molecular weight excluding hydrogens is 230 g/mol. The fourth-order valence-electron chi connectivity index (χ4n) is 2.37. The Morgan fingerprint density at radius 2 is 2.39 bits per heavy atom. The molecule has 2 aromatic rings. The fourth-order valence-corrected chi connectivity index (χ4v) is 2.37. The Hall–Kier alpha value is -1.69. The molecule has 1 aliphatic rings. The van der Waals surface area contributed by atoms with Crippen LogP contribution < -0.4 is 5.32 Å². The Bertz CT molecular complexity index is 552. The van der Waals surface area contributed by atoms with Gasteiger partial charge in [-0.2, -0.15) is 14.6 Å². The summed E-state index contributed by atoms with van der Waals surface area (Å²) in [7, 11) is 0.